The van der Waals surface area contributed by atoms with Gasteiger partial charge in [0.05, 0.1) is 13.2 Å². The fraction of sp³-hybridized carbons (Fsp3) is 0.500. The summed E-state index contributed by atoms with van der Waals surface area (Å²) in [6, 6.07) is 0.157. The topological polar surface area (TPSA) is 82.4 Å². The molecule has 1 aliphatic heterocycles. The highest BCUT2D eigenvalue weighted by atomic mass is 79.9. The molecule has 2 N–H and O–H groups in total. The summed E-state index contributed by atoms with van der Waals surface area (Å²) in [4.78, 5) is 22.2. The normalized spacial score (nSPS) is 24.4. The van der Waals surface area contributed by atoms with Gasteiger partial charge in [-0.15, -0.1) is 0 Å². The summed E-state index contributed by atoms with van der Waals surface area (Å²) in [5.41, 5.74) is 1.70. The van der Waals surface area contributed by atoms with Gasteiger partial charge in [-0.05, 0) is 31.9 Å². The maximum atomic E-state index is 12.3. The first-order chi connectivity index (χ1) is 11.2. The van der Waals surface area contributed by atoms with Crippen molar-refractivity contribution in [1.29, 1.82) is 0 Å². The molecule has 0 spiro atoms. The summed E-state index contributed by atoms with van der Waals surface area (Å²) in [5.74, 6) is 1.35. The number of alkyl halides is 1. The van der Waals surface area contributed by atoms with Crippen LogP contribution in [0.25, 0.3) is 17.2 Å². The van der Waals surface area contributed by atoms with Crippen LogP contribution in [0.5, 0.6) is 0 Å². The van der Waals surface area contributed by atoms with Gasteiger partial charge in [0, 0.05) is 16.4 Å². The summed E-state index contributed by atoms with van der Waals surface area (Å²) < 4.78 is 5.67. The summed E-state index contributed by atoms with van der Waals surface area (Å²) in [5, 5.41) is 9.43. The van der Waals surface area contributed by atoms with Crippen LogP contribution in [0.2, 0.25) is 0 Å². The molecular formula is C16H18BrN3O3. The van der Waals surface area contributed by atoms with Crippen molar-refractivity contribution >= 4 is 33.1 Å². The van der Waals surface area contributed by atoms with Gasteiger partial charge in [-0.2, -0.15) is 0 Å². The van der Waals surface area contributed by atoms with E-state index in [1.165, 1.54) is 0 Å². The number of fused-ring (bicyclic) bond motifs is 3. The van der Waals surface area contributed by atoms with E-state index >= 15 is 0 Å². The molecule has 2 aromatic heterocycles. The Morgan fingerprint density at radius 3 is 3.22 bits per heavy atom. The molecule has 6 nitrogen and oxygen atoms in total. The molecule has 0 aromatic carbocycles. The molecule has 0 saturated carbocycles. The van der Waals surface area contributed by atoms with Crippen LogP contribution < -0.4 is 5.56 Å². The number of hydrogen-bond acceptors (Lipinski definition) is 5. The minimum atomic E-state index is -0.237. The van der Waals surface area contributed by atoms with Crippen LogP contribution >= 0.6 is 15.9 Å². The SMILES string of the molecule is O=c1[nH]c(CN2CCC[C@@H]2CO)nc2c3c(oc12)C=CC(Br)C3. The Kier molecular flexibility index (Phi) is 3.87. The Balaban J connectivity index is 1.73. The molecule has 23 heavy (non-hydrogen) atoms. The van der Waals surface area contributed by atoms with Crippen LogP contribution in [-0.4, -0.2) is 44.0 Å². The first-order valence-corrected chi connectivity index (χ1v) is 8.79. The van der Waals surface area contributed by atoms with E-state index in [0.717, 1.165) is 37.1 Å². The van der Waals surface area contributed by atoms with Crippen molar-refractivity contribution in [2.45, 2.75) is 36.7 Å². The van der Waals surface area contributed by atoms with Gasteiger partial charge in [0.1, 0.15) is 17.1 Å². The van der Waals surface area contributed by atoms with Crippen molar-refractivity contribution in [2.24, 2.45) is 0 Å². The molecule has 1 aliphatic carbocycles. The molecule has 0 radical (unpaired) electrons. The molecule has 4 rings (SSSR count). The standard InChI is InChI=1S/C16H18BrN3O3/c17-9-3-4-12-11(6-9)14-15(23-12)16(22)19-13(18-14)7-20-5-1-2-10(20)8-21/h3-4,9-10,21H,1-2,5-8H2,(H,18,19,22)/t9?,10-/m1/s1. The number of hydrogen-bond donors (Lipinski definition) is 2. The predicted octanol–water partition coefficient (Wildman–Crippen LogP) is 1.81. The lowest BCUT2D eigenvalue weighted by Gasteiger charge is -2.21. The highest BCUT2D eigenvalue weighted by molar-refractivity contribution is 9.09. The zero-order valence-electron chi connectivity index (χ0n) is 12.6. The van der Waals surface area contributed by atoms with Crippen LogP contribution in [0.4, 0.5) is 0 Å². The number of likely N-dealkylation sites (tertiary alicyclic amines) is 1. The van der Waals surface area contributed by atoms with Gasteiger partial charge in [0.15, 0.2) is 0 Å². The highest BCUT2D eigenvalue weighted by Gasteiger charge is 2.26. The van der Waals surface area contributed by atoms with Crippen molar-refractivity contribution in [2.75, 3.05) is 13.2 Å². The molecule has 1 unspecified atom stereocenters. The zero-order valence-corrected chi connectivity index (χ0v) is 14.2. The number of allylic oxidation sites excluding steroid dienone is 1. The number of aliphatic hydroxyl groups excluding tert-OH is 1. The van der Waals surface area contributed by atoms with Crippen LogP contribution in [0.15, 0.2) is 15.3 Å². The second kappa shape index (κ2) is 5.89. The van der Waals surface area contributed by atoms with Crippen LogP contribution in [0.1, 0.15) is 30.0 Å². The number of aromatic amines is 1. The second-order valence-electron chi connectivity index (χ2n) is 6.16. The van der Waals surface area contributed by atoms with E-state index in [0.29, 0.717) is 23.5 Å². The average Bonchev–Trinajstić information content (AvgIpc) is 3.12. The Morgan fingerprint density at radius 2 is 2.39 bits per heavy atom. The summed E-state index contributed by atoms with van der Waals surface area (Å²) in [7, 11) is 0. The number of furan rings is 1. The Bertz CT molecular complexity index is 826. The molecule has 0 bridgehead atoms. The summed E-state index contributed by atoms with van der Waals surface area (Å²) in [6.45, 7) is 1.61. The molecule has 3 heterocycles. The van der Waals surface area contributed by atoms with Crippen LogP contribution in [0.3, 0.4) is 0 Å². The third-order valence-corrected chi connectivity index (χ3v) is 5.27. The number of rotatable bonds is 3. The van der Waals surface area contributed by atoms with Crippen molar-refractivity contribution < 1.29 is 9.52 Å². The van der Waals surface area contributed by atoms with Crippen LogP contribution in [-0.2, 0) is 13.0 Å². The molecule has 2 aromatic rings. The molecule has 1 saturated heterocycles. The van der Waals surface area contributed by atoms with Gasteiger partial charge in [0.25, 0.3) is 5.56 Å². The first kappa shape index (κ1) is 15.1. The number of H-pyrrole nitrogens is 1. The van der Waals surface area contributed by atoms with E-state index in [4.69, 9.17) is 4.42 Å². The van der Waals surface area contributed by atoms with E-state index in [1.54, 1.807) is 0 Å². The van der Waals surface area contributed by atoms with E-state index in [9.17, 15) is 9.90 Å². The zero-order chi connectivity index (χ0) is 16.0. The summed E-state index contributed by atoms with van der Waals surface area (Å²) in [6.07, 6.45) is 6.71. The first-order valence-electron chi connectivity index (χ1n) is 7.87. The minimum absolute atomic E-state index is 0.143. The number of aliphatic hydroxyl groups is 1. The van der Waals surface area contributed by atoms with E-state index in [-0.39, 0.29) is 23.0 Å². The van der Waals surface area contributed by atoms with Crippen LogP contribution in [0, 0.1) is 0 Å². The van der Waals surface area contributed by atoms with Gasteiger partial charge in [-0.3, -0.25) is 9.69 Å². The third-order valence-electron chi connectivity index (χ3n) is 4.64. The second-order valence-corrected chi connectivity index (χ2v) is 7.34. The maximum Gasteiger partial charge on any atom is 0.294 e. The van der Waals surface area contributed by atoms with Crippen molar-refractivity contribution in [3.8, 4) is 0 Å². The molecule has 0 amide bonds. The van der Waals surface area contributed by atoms with Gasteiger partial charge < -0.3 is 14.5 Å². The largest absolute Gasteiger partial charge is 0.449 e. The lowest BCUT2D eigenvalue weighted by atomic mass is 10.0. The number of halogens is 1. The van der Waals surface area contributed by atoms with Crippen molar-refractivity contribution in [3.63, 3.8) is 0 Å². The monoisotopic (exact) mass is 379 g/mol. The van der Waals surface area contributed by atoms with Gasteiger partial charge in [-0.1, -0.05) is 22.0 Å². The molecule has 7 heteroatoms. The minimum Gasteiger partial charge on any atom is -0.449 e. The summed E-state index contributed by atoms with van der Waals surface area (Å²) >= 11 is 3.58. The van der Waals surface area contributed by atoms with Gasteiger partial charge in [-0.25, -0.2) is 4.98 Å². The van der Waals surface area contributed by atoms with Gasteiger partial charge >= 0.3 is 0 Å². The Hall–Kier alpha value is -1.44. The number of nitrogens with one attached hydrogen (secondary N) is 1. The quantitative estimate of drug-likeness (QED) is 0.794. The van der Waals surface area contributed by atoms with Crippen molar-refractivity contribution in [3.05, 3.63) is 33.6 Å². The third kappa shape index (κ3) is 2.66. The smallest absolute Gasteiger partial charge is 0.294 e. The Labute approximate surface area is 141 Å². The molecule has 1 fully saturated rings. The molecular weight excluding hydrogens is 362 g/mol. The lowest BCUT2D eigenvalue weighted by Crippen LogP contribution is -2.33. The number of nitrogens with zero attached hydrogens (tertiary/aromatic N) is 2. The van der Waals surface area contributed by atoms with Crippen molar-refractivity contribution in [1.82, 2.24) is 14.9 Å². The fourth-order valence-electron chi connectivity index (χ4n) is 3.46. The van der Waals surface area contributed by atoms with E-state index in [2.05, 4.69) is 30.8 Å². The maximum absolute atomic E-state index is 12.3. The highest BCUT2D eigenvalue weighted by Crippen LogP contribution is 2.30. The predicted molar refractivity (Wildman–Crippen MR) is 90.6 cm³/mol. The number of aromatic nitrogens is 2. The Morgan fingerprint density at radius 1 is 1.52 bits per heavy atom. The lowest BCUT2D eigenvalue weighted by molar-refractivity contribution is 0.151. The molecule has 122 valence electrons. The molecule has 2 aliphatic rings. The average molecular weight is 380 g/mol. The van der Waals surface area contributed by atoms with E-state index < -0.39 is 0 Å². The molecule has 2 atom stereocenters. The van der Waals surface area contributed by atoms with Gasteiger partial charge in [0.2, 0.25) is 5.58 Å². The van der Waals surface area contributed by atoms with E-state index in [1.807, 2.05) is 12.2 Å². The fourth-order valence-corrected chi connectivity index (χ4v) is 3.94.